The minimum absolute atomic E-state index is 0.118. The number of aliphatic hydroxyl groups excluding tert-OH is 1. The highest BCUT2D eigenvalue weighted by Crippen LogP contribution is 2.29. The van der Waals surface area contributed by atoms with Crippen molar-refractivity contribution >= 4 is 27.8 Å². The second-order valence-electron chi connectivity index (χ2n) is 7.47. The van der Waals surface area contributed by atoms with E-state index in [0.29, 0.717) is 16.7 Å². The summed E-state index contributed by atoms with van der Waals surface area (Å²) in [7, 11) is 0. The van der Waals surface area contributed by atoms with E-state index in [9.17, 15) is 14.7 Å². The van der Waals surface area contributed by atoms with Gasteiger partial charge in [0.25, 0.3) is 0 Å². The van der Waals surface area contributed by atoms with E-state index in [1.54, 1.807) is 12.3 Å². The zero-order chi connectivity index (χ0) is 21.3. The Morgan fingerprint density at radius 3 is 2.60 bits per heavy atom. The van der Waals surface area contributed by atoms with Gasteiger partial charge < -0.3 is 19.3 Å². The van der Waals surface area contributed by atoms with Crippen LogP contribution in [0.2, 0.25) is 0 Å². The first kappa shape index (κ1) is 19.9. The van der Waals surface area contributed by atoms with Crippen LogP contribution in [0.3, 0.4) is 0 Å². The fourth-order valence-electron chi connectivity index (χ4n) is 3.75. The van der Waals surface area contributed by atoms with E-state index >= 15 is 0 Å². The SMILES string of the molecule is Cc1coc2cc3oc(=O)c(CCC(=O)N[C@H](CO)c4ccccc4)c(C)c3cc12. The average Bonchev–Trinajstić information content (AvgIpc) is 3.11. The quantitative estimate of drug-likeness (QED) is 0.474. The van der Waals surface area contributed by atoms with Gasteiger partial charge in [0.05, 0.1) is 18.9 Å². The minimum Gasteiger partial charge on any atom is -0.464 e. The molecule has 4 rings (SSSR count). The minimum atomic E-state index is -0.481. The molecule has 6 heteroatoms. The molecule has 0 radical (unpaired) electrons. The largest absolute Gasteiger partial charge is 0.464 e. The molecular formula is C24H23NO5. The molecule has 0 saturated carbocycles. The molecule has 0 unspecified atom stereocenters. The Labute approximate surface area is 173 Å². The highest BCUT2D eigenvalue weighted by molar-refractivity contribution is 5.96. The van der Waals surface area contributed by atoms with Crippen LogP contribution in [0.1, 0.15) is 34.7 Å². The third-order valence-electron chi connectivity index (χ3n) is 5.50. The summed E-state index contributed by atoms with van der Waals surface area (Å²) in [6.07, 6.45) is 2.05. The van der Waals surface area contributed by atoms with E-state index in [0.717, 1.165) is 27.5 Å². The van der Waals surface area contributed by atoms with Gasteiger partial charge in [-0.3, -0.25) is 4.79 Å². The summed E-state index contributed by atoms with van der Waals surface area (Å²) >= 11 is 0. The zero-order valence-corrected chi connectivity index (χ0v) is 16.9. The number of amides is 1. The third kappa shape index (κ3) is 3.74. The Morgan fingerprint density at radius 2 is 1.87 bits per heavy atom. The van der Waals surface area contributed by atoms with Gasteiger partial charge >= 0.3 is 5.63 Å². The molecule has 2 heterocycles. The highest BCUT2D eigenvalue weighted by atomic mass is 16.4. The topological polar surface area (TPSA) is 92.7 Å². The number of aryl methyl sites for hydroxylation is 2. The summed E-state index contributed by atoms with van der Waals surface area (Å²) in [5.74, 6) is -0.238. The van der Waals surface area contributed by atoms with Gasteiger partial charge in [-0.25, -0.2) is 4.79 Å². The van der Waals surface area contributed by atoms with Crippen molar-refractivity contribution in [2.75, 3.05) is 6.61 Å². The van der Waals surface area contributed by atoms with Crippen molar-refractivity contribution in [3.05, 3.63) is 81.4 Å². The van der Waals surface area contributed by atoms with E-state index in [1.807, 2.05) is 50.2 Å². The zero-order valence-electron chi connectivity index (χ0n) is 16.9. The van der Waals surface area contributed by atoms with Gasteiger partial charge in [0, 0.05) is 28.8 Å². The maximum Gasteiger partial charge on any atom is 0.339 e. The van der Waals surface area contributed by atoms with Gasteiger partial charge in [0.15, 0.2) is 0 Å². The second kappa shape index (κ2) is 8.16. The number of carbonyl (C=O) groups excluding carboxylic acids is 1. The summed E-state index contributed by atoms with van der Waals surface area (Å²) in [5.41, 5.74) is 3.82. The lowest BCUT2D eigenvalue weighted by molar-refractivity contribution is -0.122. The molecule has 0 spiro atoms. The van der Waals surface area contributed by atoms with Gasteiger partial charge in [-0.2, -0.15) is 0 Å². The van der Waals surface area contributed by atoms with Gasteiger partial charge in [0.1, 0.15) is 11.2 Å². The predicted octanol–water partition coefficient (Wildman–Crippen LogP) is 3.94. The first-order valence-electron chi connectivity index (χ1n) is 9.87. The van der Waals surface area contributed by atoms with Crippen LogP contribution in [0.5, 0.6) is 0 Å². The van der Waals surface area contributed by atoms with Crippen LogP contribution in [0, 0.1) is 13.8 Å². The number of furan rings is 1. The molecule has 0 bridgehead atoms. The Bertz CT molecular complexity index is 1270. The molecule has 2 aromatic heterocycles. The highest BCUT2D eigenvalue weighted by Gasteiger charge is 2.17. The first-order valence-corrected chi connectivity index (χ1v) is 9.87. The van der Waals surface area contributed by atoms with Crippen molar-refractivity contribution in [1.29, 1.82) is 0 Å². The molecule has 1 amide bonds. The summed E-state index contributed by atoms with van der Waals surface area (Å²) in [6.45, 7) is 3.63. The van der Waals surface area contributed by atoms with Crippen molar-refractivity contribution in [1.82, 2.24) is 5.32 Å². The smallest absolute Gasteiger partial charge is 0.339 e. The lowest BCUT2D eigenvalue weighted by atomic mass is 10.0. The number of benzene rings is 2. The average molecular weight is 405 g/mol. The lowest BCUT2D eigenvalue weighted by Gasteiger charge is -2.17. The van der Waals surface area contributed by atoms with Crippen molar-refractivity contribution in [3.63, 3.8) is 0 Å². The number of hydrogen-bond donors (Lipinski definition) is 2. The van der Waals surface area contributed by atoms with Gasteiger partial charge in [-0.05, 0) is 43.0 Å². The van der Waals surface area contributed by atoms with E-state index < -0.39 is 11.7 Å². The molecule has 2 N–H and O–H groups in total. The van der Waals surface area contributed by atoms with Crippen LogP contribution >= 0.6 is 0 Å². The molecule has 0 aliphatic rings. The monoisotopic (exact) mass is 405 g/mol. The van der Waals surface area contributed by atoms with E-state index in [2.05, 4.69) is 5.32 Å². The maximum absolute atomic E-state index is 12.5. The number of fused-ring (bicyclic) bond motifs is 2. The van der Waals surface area contributed by atoms with Crippen LogP contribution < -0.4 is 10.9 Å². The molecule has 4 aromatic rings. The molecule has 30 heavy (non-hydrogen) atoms. The number of aliphatic hydroxyl groups is 1. The van der Waals surface area contributed by atoms with Crippen LogP contribution in [-0.2, 0) is 11.2 Å². The number of hydrogen-bond acceptors (Lipinski definition) is 5. The predicted molar refractivity (Wildman–Crippen MR) is 114 cm³/mol. The Kier molecular flexibility index (Phi) is 5.42. The lowest BCUT2D eigenvalue weighted by Crippen LogP contribution is -2.31. The molecule has 0 aliphatic heterocycles. The maximum atomic E-state index is 12.5. The molecule has 6 nitrogen and oxygen atoms in total. The van der Waals surface area contributed by atoms with Crippen molar-refractivity contribution in [2.45, 2.75) is 32.7 Å². The van der Waals surface area contributed by atoms with Crippen LogP contribution in [-0.4, -0.2) is 17.6 Å². The van der Waals surface area contributed by atoms with Crippen molar-refractivity contribution in [2.24, 2.45) is 0 Å². The Morgan fingerprint density at radius 1 is 1.10 bits per heavy atom. The van der Waals surface area contributed by atoms with Gasteiger partial charge in [-0.15, -0.1) is 0 Å². The van der Waals surface area contributed by atoms with Crippen molar-refractivity contribution < 1.29 is 18.7 Å². The standard InChI is InChI=1S/C24H23NO5/c1-14-13-29-21-11-22-19(10-18(14)21)15(2)17(24(28)30-22)8-9-23(27)25-20(12-26)16-6-4-3-5-7-16/h3-7,10-11,13,20,26H,8-9,12H2,1-2H3,(H,25,27)/t20-/m1/s1. The Hall–Kier alpha value is -3.38. The van der Waals surface area contributed by atoms with Gasteiger partial charge in [-0.1, -0.05) is 30.3 Å². The van der Waals surface area contributed by atoms with Crippen LogP contribution in [0.4, 0.5) is 0 Å². The molecule has 1 atom stereocenters. The first-order chi connectivity index (χ1) is 14.5. The molecule has 2 aromatic carbocycles. The van der Waals surface area contributed by atoms with E-state index in [4.69, 9.17) is 8.83 Å². The van der Waals surface area contributed by atoms with Crippen molar-refractivity contribution in [3.8, 4) is 0 Å². The molecule has 0 fully saturated rings. The summed E-state index contributed by atoms with van der Waals surface area (Å²) in [5, 5.41) is 14.2. The molecule has 0 aliphatic carbocycles. The summed E-state index contributed by atoms with van der Waals surface area (Å²) in [6, 6.07) is 12.5. The summed E-state index contributed by atoms with van der Waals surface area (Å²) in [4.78, 5) is 25.0. The second-order valence-corrected chi connectivity index (χ2v) is 7.47. The number of nitrogens with one attached hydrogen (secondary N) is 1. The Balaban J connectivity index is 1.56. The summed E-state index contributed by atoms with van der Waals surface area (Å²) < 4.78 is 11.0. The van der Waals surface area contributed by atoms with Gasteiger partial charge in [0.2, 0.25) is 5.91 Å². The fraction of sp³-hybridized carbons (Fsp3) is 0.250. The molecule has 0 saturated heterocycles. The molecular weight excluding hydrogens is 382 g/mol. The van der Waals surface area contributed by atoms with E-state index in [1.165, 1.54) is 0 Å². The fourth-order valence-corrected chi connectivity index (χ4v) is 3.75. The van der Waals surface area contributed by atoms with E-state index in [-0.39, 0.29) is 25.4 Å². The van der Waals surface area contributed by atoms with Crippen LogP contribution in [0.25, 0.3) is 21.9 Å². The number of rotatable bonds is 6. The third-order valence-corrected chi connectivity index (χ3v) is 5.50. The molecule has 154 valence electrons. The normalized spacial score (nSPS) is 12.4. The van der Waals surface area contributed by atoms with Crippen LogP contribution in [0.15, 0.2) is 62.4 Å². The number of carbonyl (C=O) groups is 1.